The number of hydrogen-bond acceptors (Lipinski definition) is 4. The van der Waals surface area contributed by atoms with Crippen LogP contribution in [0.4, 0.5) is 5.69 Å². The number of methoxy groups -OCH3 is 2. The second-order valence-electron chi connectivity index (χ2n) is 6.68. The first kappa shape index (κ1) is 21.1. The summed E-state index contributed by atoms with van der Waals surface area (Å²) in [5.74, 6) is 1.22. The van der Waals surface area contributed by atoms with Crippen molar-refractivity contribution in [1.82, 2.24) is 0 Å². The van der Waals surface area contributed by atoms with Gasteiger partial charge >= 0.3 is 0 Å². The van der Waals surface area contributed by atoms with E-state index in [0.29, 0.717) is 23.6 Å². The molecule has 0 aromatic heterocycles. The van der Waals surface area contributed by atoms with Crippen LogP contribution in [0.5, 0.6) is 17.2 Å². The van der Waals surface area contributed by atoms with Crippen molar-refractivity contribution < 1.29 is 19.4 Å². The fourth-order valence-electron chi connectivity index (χ4n) is 2.80. The van der Waals surface area contributed by atoms with E-state index >= 15 is 0 Å². The molecule has 0 heterocycles. The minimum absolute atomic E-state index is 0.149. The van der Waals surface area contributed by atoms with Crippen molar-refractivity contribution in [3.63, 3.8) is 0 Å². The van der Waals surface area contributed by atoms with Crippen LogP contribution in [0.15, 0.2) is 42.0 Å². The molecular weight excluding hydrogens is 354 g/mol. The molecule has 0 aliphatic rings. The second-order valence-corrected chi connectivity index (χ2v) is 6.68. The van der Waals surface area contributed by atoms with Gasteiger partial charge in [0.05, 0.1) is 19.9 Å². The number of carbonyl (C=O) groups excluding carboxylic acids is 1. The van der Waals surface area contributed by atoms with E-state index in [4.69, 9.17) is 9.47 Å². The van der Waals surface area contributed by atoms with Crippen molar-refractivity contribution in [3.05, 3.63) is 58.7 Å². The lowest BCUT2D eigenvalue weighted by atomic mass is 10.00. The number of anilines is 1. The van der Waals surface area contributed by atoms with Gasteiger partial charge in [-0.05, 0) is 49.6 Å². The fraction of sp³-hybridized carbons (Fsp3) is 0.261. The standard InChI is InChI=1S/C23H27NO4/c1-15(2)6-10-20-18(13-19(26)14-22(20)27-4)9-7-17-8-11-21(24-16(3)25)23(12-17)28-5/h6-9,11-14,26H,10H2,1-5H3,(H,24,25)/b9-7+. The zero-order chi connectivity index (χ0) is 20.7. The molecule has 2 N–H and O–H groups in total. The van der Waals surface area contributed by atoms with Gasteiger partial charge in [-0.25, -0.2) is 0 Å². The quantitative estimate of drug-likeness (QED) is 0.520. The van der Waals surface area contributed by atoms with E-state index in [1.807, 2.05) is 38.1 Å². The molecule has 0 bridgehead atoms. The highest BCUT2D eigenvalue weighted by atomic mass is 16.5. The van der Waals surface area contributed by atoms with Gasteiger partial charge in [-0.1, -0.05) is 29.9 Å². The number of aromatic hydroxyl groups is 1. The molecule has 0 fully saturated rings. The lowest BCUT2D eigenvalue weighted by molar-refractivity contribution is -0.114. The Kier molecular flexibility index (Phi) is 7.27. The van der Waals surface area contributed by atoms with Crippen molar-refractivity contribution in [2.45, 2.75) is 27.2 Å². The molecule has 0 aliphatic heterocycles. The van der Waals surface area contributed by atoms with Gasteiger partial charge in [0, 0.05) is 18.6 Å². The molecule has 2 aromatic carbocycles. The second kappa shape index (κ2) is 9.65. The van der Waals surface area contributed by atoms with Crippen LogP contribution in [-0.4, -0.2) is 25.2 Å². The smallest absolute Gasteiger partial charge is 0.221 e. The number of allylic oxidation sites excluding steroid dienone is 2. The van der Waals surface area contributed by atoms with Gasteiger partial charge in [0.1, 0.15) is 17.2 Å². The van der Waals surface area contributed by atoms with Crippen molar-refractivity contribution in [2.75, 3.05) is 19.5 Å². The number of benzene rings is 2. The van der Waals surface area contributed by atoms with E-state index in [1.165, 1.54) is 12.5 Å². The third-order valence-corrected chi connectivity index (χ3v) is 4.15. The number of rotatable bonds is 7. The Morgan fingerprint density at radius 2 is 1.75 bits per heavy atom. The molecule has 5 nitrogen and oxygen atoms in total. The summed E-state index contributed by atoms with van der Waals surface area (Å²) < 4.78 is 10.8. The number of amides is 1. The lowest BCUT2D eigenvalue weighted by Crippen LogP contribution is -2.07. The fourth-order valence-corrected chi connectivity index (χ4v) is 2.80. The predicted octanol–water partition coefficient (Wildman–Crippen LogP) is 5.05. The number of carbonyl (C=O) groups is 1. The molecule has 0 atom stereocenters. The Labute approximate surface area is 166 Å². The Balaban J connectivity index is 2.41. The van der Waals surface area contributed by atoms with E-state index < -0.39 is 0 Å². The van der Waals surface area contributed by atoms with Crippen LogP contribution in [0.2, 0.25) is 0 Å². The molecule has 0 saturated carbocycles. The van der Waals surface area contributed by atoms with Crippen LogP contribution in [-0.2, 0) is 11.2 Å². The Morgan fingerprint density at radius 3 is 2.36 bits per heavy atom. The highest BCUT2D eigenvalue weighted by molar-refractivity contribution is 5.90. The zero-order valence-electron chi connectivity index (χ0n) is 17.0. The van der Waals surface area contributed by atoms with E-state index in [2.05, 4.69) is 11.4 Å². The average Bonchev–Trinajstić information content (AvgIpc) is 2.65. The van der Waals surface area contributed by atoms with E-state index in [1.54, 1.807) is 32.4 Å². The van der Waals surface area contributed by atoms with Gasteiger partial charge in [0.25, 0.3) is 0 Å². The molecule has 2 rings (SSSR count). The first-order chi connectivity index (χ1) is 13.3. The summed E-state index contributed by atoms with van der Waals surface area (Å²) in [6.07, 6.45) is 6.69. The summed E-state index contributed by atoms with van der Waals surface area (Å²) in [6.45, 7) is 5.55. The third-order valence-electron chi connectivity index (χ3n) is 4.15. The first-order valence-electron chi connectivity index (χ1n) is 9.01. The SMILES string of the molecule is COc1cc(/C=C/c2cc(O)cc(OC)c2CC=C(C)C)ccc1NC(C)=O. The average molecular weight is 381 g/mol. The summed E-state index contributed by atoms with van der Waals surface area (Å²) in [7, 11) is 3.16. The van der Waals surface area contributed by atoms with Gasteiger partial charge in [0.15, 0.2) is 0 Å². The van der Waals surface area contributed by atoms with E-state index in [9.17, 15) is 9.90 Å². The van der Waals surface area contributed by atoms with Gasteiger partial charge in [-0.15, -0.1) is 0 Å². The van der Waals surface area contributed by atoms with Crippen LogP contribution in [0, 0.1) is 0 Å². The van der Waals surface area contributed by atoms with Gasteiger partial charge in [-0.3, -0.25) is 4.79 Å². The number of nitrogens with one attached hydrogen (secondary N) is 1. The Hall–Kier alpha value is -3.21. The van der Waals surface area contributed by atoms with E-state index in [-0.39, 0.29) is 11.7 Å². The molecule has 0 aliphatic carbocycles. The van der Waals surface area contributed by atoms with Crippen molar-refractivity contribution >= 4 is 23.7 Å². The predicted molar refractivity (Wildman–Crippen MR) is 114 cm³/mol. The van der Waals surface area contributed by atoms with E-state index in [0.717, 1.165) is 16.7 Å². The molecule has 5 heteroatoms. The molecule has 28 heavy (non-hydrogen) atoms. The highest BCUT2D eigenvalue weighted by Gasteiger charge is 2.10. The van der Waals surface area contributed by atoms with Gasteiger partial charge < -0.3 is 19.9 Å². The highest BCUT2D eigenvalue weighted by Crippen LogP contribution is 2.31. The minimum Gasteiger partial charge on any atom is -0.508 e. The van der Waals surface area contributed by atoms with Crippen LogP contribution in [0.3, 0.4) is 0 Å². The largest absolute Gasteiger partial charge is 0.508 e. The molecule has 0 saturated heterocycles. The van der Waals surface area contributed by atoms with Crippen molar-refractivity contribution in [3.8, 4) is 17.2 Å². The maximum absolute atomic E-state index is 11.3. The first-order valence-corrected chi connectivity index (χ1v) is 9.01. The Morgan fingerprint density at radius 1 is 1.04 bits per heavy atom. The maximum atomic E-state index is 11.3. The molecule has 148 valence electrons. The number of ether oxygens (including phenoxy) is 2. The minimum atomic E-state index is -0.155. The number of hydrogen-bond donors (Lipinski definition) is 2. The molecule has 0 unspecified atom stereocenters. The third kappa shape index (κ3) is 5.64. The topological polar surface area (TPSA) is 67.8 Å². The van der Waals surface area contributed by atoms with Crippen LogP contribution >= 0.6 is 0 Å². The molecule has 0 spiro atoms. The molecular formula is C23H27NO4. The lowest BCUT2D eigenvalue weighted by Gasteiger charge is -2.12. The zero-order valence-corrected chi connectivity index (χ0v) is 17.0. The summed E-state index contributed by atoms with van der Waals surface area (Å²) in [5.41, 5.74) is 4.61. The Bertz CT molecular complexity index is 909. The summed E-state index contributed by atoms with van der Waals surface area (Å²) in [5, 5.41) is 12.8. The maximum Gasteiger partial charge on any atom is 0.221 e. The van der Waals surface area contributed by atoms with Gasteiger partial charge in [-0.2, -0.15) is 0 Å². The summed E-state index contributed by atoms with van der Waals surface area (Å²) in [6, 6.07) is 8.87. The van der Waals surface area contributed by atoms with Crippen LogP contribution in [0.1, 0.15) is 37.5 Å². The molecule has 2 aromatic rings. The normalized spacial score (nSPS) is 10.6. The van der Waals surface area contributed by atoms with Crippen LogP contribution < -0.4 is 14.8 Å². The number of phenols is 1. The summed E-state index contributed by atoms with van der Waals surface area (Å²) in [4.78, 5) is 11.3. The van der Waals surface area contributed by atoms with Crippen molar-refractivity contribution in [1.29, 1.82) is 0 Å². The number of phenolic OH excluding ortho intramolecular Hbond substituents is 1. The summed E-state index contributed by atoms with van der Waals surface area (Å²) >= 11 is 0. The van der Waals surface area contributed by atoms with Crippen LogP contribution in [0.25, 0.3) is 12.2 Å². The van der Waals surface area contributed by atoms with Crippen molar-refractivity contribution in [2.24, 2.45) is 0 Å². The monoisotopic (exact) mass is 381 g/mol. The molecule has 0 radical (unpaired) electrons. The molecule has 1 amide bonds. The van der Waals surface area contributed by atoms with Gasteiger partial charge in [0.2, 0.25) is 5.91 Å².